The highest BCUT2D eigenvalue weighted by atomic mass is 35.5. The Balaban J connectivity index is 1.02. The van der Waals surface area contributed by atoms with Crippen LogP contribution >= 0.6 is 23.4 Å². The number of halogens is 3. The molecular weight excluding hydrogens is 598 g/mol. The number of carbonyl (C=O) groups is 1. The maximum atomic E-state index is 13.8. The Labute approximate surface area is 260 Å². The van der Waals surface area contributed by atoms with Crippen LogP contribution < -0.4 is 10.9 Å². The van der Waals surface area contributed by atoms with Gasteiger partial charge in [0.15, 0.2) is 0 Å². The third kappa shape index (κ3) is 5.47. The van der Waals surface area contributed by atoms with E-state index in [1.54, 1.807) is 16.3 Å². The first kappa shape index (κ1) is 30.4. The topological polar surface area (TPSA) is 96.7 Å². The van der Waals surface area contributed by atoms with Crippen molar-refractivity contribution in [2.75, 3.05) is 25.4 Å². The Morgan fingerprint density at radius 2 is 1.98 bits per heavy atom. The van der Waals surface area contributed by atoms with Gasteiger partial charge in [-0.05, 0) is 70.6 Å². The zero-order valence-electron chi connectivity index (χ0n) is 24.9. The van der Waals surface area contributed by atoms with Crippen molar-refractivity contribution in [3.05, 3.63) is 27.4 Å². The summed E-state index contributed by atoms with van der Waals surface area (Å²) in [6.45, 7) is 5.68. The Kier molecular flexibility index (Phi) is 8.14. The number of likely N-dealkylation sites (tertiary alicyclic amines) is 1. The standard InChI is InChI=1S/C31H43ClF2N4O4S/c1-15-9-20(28-27(35-15)22(14-43-28)30(40)41)19-10-17(32)3-6-26(19)42-8-7-38-16(2)36-25-5-4-18(11-21(25)29(38)39)37-12-23-24(13-37)31(23,33)34/h15,17-20,22-24,26-28,35H,3-14H2,1-2H3,(H,40,41). The number of ether oxygens (including phenoxy) is 1. The number of aromatic nitrogens is 2. The highest BCUT2D eigenvalue weighted by molar-refractivity contribution is 8.00. The summed E-state index contributed by atoms with van der Waals surface area (Å²) in [4.78, 5) is 32.6. The van der Waals surface area contributed by atoms with Crippen LogP contribution in [0.5, 0.6) is 0 Å². The van der Waals surface area contributed by atoms with Gasteiger partial charge < -0.3 is 15.2 Å². The minimum atomic E-state index is -2.50. The van der Waals surface area contributed by atoms with Crippen LogP contribution in [0.1, 0.15) is 56.1 Å². The summed E-state index contributed by atoms with van der Waals surface area (Å²) in [6.07, 6.45) is 5.71. The van der Waals surface area contributed by atoms with Gasteiger partial charge in [-0.3, -0.25) is 19.1 Å². The molecule has 0 bridgehead atoms. The van der Waals surface area contributed by atoms with Crippen molar-refractivity contribution in [1.82, 2.24) is 19.8 Å². The first-order chi connectivity index (χ1) is 20.5. The van der Waals surface area contributed by atoms with Gasteiger partial charge >= 0.3 is 5.97 Å². The van der Waals surface area contributed by atoms with Crippen molar-refractivity contribution >= 4 is 29.3 Å². The molecule has 0 radical (unpaired) electrons. The van der Waals surface area contributed by atoms with E-state index >= 15 is 0 Å². The quantitative estimate of drug-likeness (QED) is 0.437. The van der Waals surface area contributed by atoms with Crippen LogP contribution in [0.2, 0.25) is 0 Å². The maximum Gasteiger partial charge on any atom is 0.308 e. The lowest BCUT2D eigenvalue weighted by Gasteiger charge is -2.47. The van der Waals surface area contributed by atoms with Crippen molar-refractivity contribution in [1.29, 1.82) is 0 Å². The second-order valence-electron chi connectivity index (χ2n) is 14.0. The number of fused-ring (bicyclic) bond motifs is 3. The summed E-state index contributed by atoms with van der Waals surface area (Å²) in [5.41, 5.74) is 1.56. The number of thioether (sulfide) groups is 1. The van der Waals surface area contributed by atoms with Crippen LogP contribution in [0.4, 0.5) is 8.78 Å². The number of aryl methyl sites for hydroxylation is 2. The maximum absolute atomic E-state index is 13.8. The number of hydrogen-bond acceptors (Lipinski definition) is 7. The van der Waals surface area contributed by atoms with Gasteiger partial charge in [-0.1, -0.05) is 0 Å². The van der Waals surface area contributed by atoms with E-state index in [0.29, 0.717) is 56.6 Å². The molecule has 0 spiro atoms. The van der Waals surface area contributed by atoms with Gasteiger partial charge in [-0.2, -0.15) is 11.8 Å². The molecule has 5 fully saturated rings. The molecule has 3 aliphatic carbocycles. The second-order valence-corrected chi connectivity index (χ2v) is 15.8. The van der Waals surface area contributed by atoms with Crippen molar-refractivity contribution in [2.24, 2.45) is 29.6 Å². The fourth-order valence-electron chi connectivity index (χ4n) is 9.13. The van der Waals surface area contributed by atoms with E-state index < -0.39 is 23.7 Å². The van der Waals surface area contributed by atoms with Crippen molar-refractivity contribution in [3.8, 4) is 0 Å². The van der Waals surface area contributed by atoms with Crippen LogP contribution in [0.25, 0.3) is 0 Å². The first-order valence-electron chi connectivity index (χ1n) is 16.1. The molecule has 12 heteroatoms. The molecular formula is C31H43ClF2N4O4S. The number of rotatable bonds is 7. The molecule has 11 atom stereocenters. The molecule has 2 saturated carbocycles. The monoisotopic (exact) mass is 640 g/mol. The highest BCUT2D eigenvalue weighted by Gasteiger charge is 2.71. The van der Waals surface area contributed by atoms with E-state index in [2.05, 4.69) is 17.1 Å². The number of piperidine rings is 2. The largest absolute Gasteiger partial charge is 0.481 e. The van der Waals surface area contributed by atoms with Gasteiger partial charge in [0.1, 0.15) is 5.82 Å². The summed E-state index contributed by atoms with van der Waals surface area (Å²) < 4.78 is 35.8. The molecule has 7 rings (SSSR count). The number of alkyl halides is 3. The highest BCUT2D eigenvalue weighted by Crippen LogP contribution is 2.59. The normalized spacial score (nSPS) is 41.8. The van der Waals surface area contributed by atoms with Crippen LogP contribution in [-0.2, 0) is 28.9 Å². The average molecular weight is 641 g/mol. The number of carboxylic acid groups (broad SMARTS) is 1. The summed E-state index contributed by atoms with van der Waals surface area (Å²) in [5.74, 6) is -2.74. The fraction of sp³-hybridized carbons (Fsp3) is 0.839. The van der Waals surface area contributed by atoms with Crippen LogP contribution in [0.15, 0.2) is 4.79 Å². The van der Waals surface area contributed by atoms with Gasteiger partial charge in [0, 0.05) is 65.0 Å². The molecule has 0 aromatic carbocycles. The molecule has 4 heterocycles. The average Bonchev–Trinajstić information content (AvgIpc) is 3.36. The number of nitrogens with zero attached hydrogens (tertiary/aromatic N) is 3. The van der Waals surface area contributed by atoms with Gasteiger partial charge in [-0.25, -0.2) is 13.8 Å². The van der Waals surface area contributed by atoms with Gasteiger partial charge in [0.2, 0.25) is 0 Å². The number of carboxylic acids is 1. The number of aliphatic carboxylic acids is 1. The molecule has 1 aromatic heterocycles. The van der Waals surface area contributed by atoms with Gasteiger partial charge in [0.25, 0.3) is 11.5 Å². The van der Waals surface area contributed by atoms with E-state index in [1.807, 2.05) is 6.92 Å². The predicted octanol–water partition coefficient (Wildman–Crippen LogP) is 3.58. The third-order valence-corrected chi connectivity index (χ3v) is 13.5. The molecule has 8 nitrogen and oxygen atoms in total. The molecule has 3 aliphatic heterocycles. The van der Waals surface area contributed by atoms with E-state index in [4.69, 9.17) is 21.3 Å². The Morgan fingerprint density at radius 3 is 2.72 bits per heavy atom. The molecule has 2 N–H and O–H groups in total. The Hall–Kier alpha value is -1.27. The van der Waals surface area contributed by atoms with Crippen LogP contribution in [-0.4, -0.2) is 91.8 Å². The number of hydrogen-bond donors (Lipinski definition) is 2. The van der Waals surface area contributed by atoms with E-state index in [0.717, 1.165) is 43.4 Å². The minimum Gasteiger partial charge on any atom is -0.481 e. The zero-order valence-corrected chi connectivity index (χ0v) is 26.5. The van der Waals surface area contributed by atoms with E-state index in [1.165, 1.54) is 0 Å². The second kappa shape index (κ2) is 11.5. The molecule has 43 heavy (non-hydrogen) atoms. The predicted molar refractivity (Wildman–Crippen MR) is 161 cm³/mol. The van der Waals surface area contributed by atoms with Gasteiger partial charge in [0.05, 0.1) is 30.9 Å². The fourth-order valence-corrected chi connectivity index (χ4v) is 11.3. The van der Waals surface area contributed by atoms with Crippen molar-refractivity contribution < 1.29 is 23.4 Å². The third-order valence-electron chi connectivity index (χ3n) is 11.5. The minimum absolute atomic E-state index is 0.0149. The van der Waals surface area contributed by atoms with Crippen molar-refractivity contribution in [2.45, 2.75) is 106 Å². The Morgan fingerprint density at radius 1 is 1.21 bits per heavy atom. The summed E-state index contributed by atoms with van der Waals surface area (Å²) in [5, 5.41) is 13.7. The van der Waals surface area contributed by atoms with Gasteiger partial charge in [-0.15, -0.1) is 11.6 Å². The lowest BCUT2D eigenvalue weighted by molar-refractivity contribution is -0.142. The lowest BCUT2D eigenvalue weighted by Crippen LogP contribution is -2.57. The smallest absolute Gasteiger partial charge is 0.308 e. The van der Waals surface area contributed by atoms with Crippen molar-refractivity contribution in [3.63, 3.8) is 0 Å². The lowest BCUT2D eigenvalue weighted by atomic mass is 9.70. The number of nitrogens with one attached hydrogen (secondary N) is 1. The zero-order chi connectivity index (χ0) is 30.2. The molecule has 0 amide bonds. The molecule has 6 aliphatic rings. The molecule has 1 aromatic rings. The Bertz CT molecular complexity index is 1300. The first-order valence-corrected chi connectivity index (χ1v) is 17.6. The molecule has 3 saturated heterocycles. The summed E-state index contributed by atoms with van der Waals surface area (Å²) in [6, 6.07) is 0.314. The van der Waals surface area contributed by atoms with E-state index in [9.17, 15) is 23.5 Å². The molecule has 11 unspecified atom stereocenters. The molecule has 238 valence electrons. The SMILES string of the molecule is Cc1nc2c(c(=O)n1CCOC1CCC(Cl)CC1C1CC(C)NC3C(C(=O)O)CSC13)CC(N1CC3C(C1)C3(F)F)CC2. The summed E-state index contributed by atoms with van der Waals surface area (Å²) >= 11 is 8.49. The van der Waals surface area contributed by atoms with E-state index in [-0.39, 0.29) is 52.3 Å². The summed E-state index contributed by atoms with van der Waals surface area (Å²) in [7, 11) is 0. The van der Waals surface area contributed by atoms with Crippen LogP contribution in [0.3, 0.4) is 0 Å². The van der Waals surface area contributed by atoms with Crippen LogP contribution in [0, 0.1) is 36.5 Å².